The van der Waals surface area contributed by atoms with E-state index >= 15 is 0 Å². The van der Waals surface area contributed by atoms with E-state index in [9.17, 15) is 9.59 Å². The van der Waals surface area contributed by atoms with Crippen LogP contribution in [0.25, 0.3) is 6.08 Å². The van der Waals surface area contributed by atoms with E-state index in [2.05, 4.69) is 5.32 Å². The number of nitrogens with one attached hydrogen (secondary N) is 1. The van der Waals surface area contributed by atoms with Gasteiger partial charge in [-0.3, -0.25) is 0 Å². The van der Waals surface area contributed by atoms with Gasteiger partial charge in [0.2, 0.25) is 0 Å². The summed E-state index contributed by atoms with van der Waals surface area (Å²) in [7, 11) is 0. The Morgan fingerprint density at radius 1 is 1.14 bits per heavy atom. The standard InChI is InChI=1S/C22H19NO5/c24-13-6-14-26-16-19(27-22(25)18-8-2-1-3-9-18)15-23-21-12-11-17-7-4-5-10-20(17)28-21/h1-12,15,21,23H,14,16H2. The lowest BCUT2D eigenvalue weighted by Gasteiger charge is -2.22. The molecule has 1 N–H and O–H groups in total. The minimum Gasteiger partial charge on any atom is -0.467 e. The normalized spacial score (nSPS) is 15.0. The zero-order valence-electron chi connectivity index (χ0n) is 15.0. The van der Waals surface area contributed by atoms with Gasteiger partial charge in [-0.25, -0.2) is 9.59 Å². The first-order valence-corrected chi connectivity index (χ1v) is 8.69. The summed E-state index contributed by atoms with van der Waals surface area (Å²) in [4.78, 5) is 22.5. The lowest BCUT2D eigenvalue weighted by molar-refractivity contribution is 0.0537. The van der Waals surface area contributed by atoms with Crippen molar-refractivity contribution in [1.29, 1.82) is 0 Å². The fraction of sp³-hybridized carbons (Fsp3) is 0.136. The molecule has 6 heteroatoms. The lowest BCUT2D eigenvalue weighted by Crippen LogP contribution is -2.31. The Hall–Kier alpha value is -3.60. The maximum atomic E-state index is 12.3. The first kappa shape index (κ1) is 19.2. The third-order valence-corrected chi connectivity index (χ3v) is 3.79. The highest BCUT2D eigenvalue weighted by Crippen LogP contribution is 2.24. The molecule has 0 saturated heterocycles. The van der Waals surface area contributed by atoms with Crippen molar-refractivity contribution in [3.8, 4) is 5.75 Å². The van der Waals surface area contributed by atoms with Gasteiger partial charge in [0.25, 0.3) is 0 Å². The summed E-state index contributed by atoms with van der Waals surface area (Å²) in [6.45, 7) is 0.0632. The molecule has 0 aliphatic carbocycles. The van der Waals surface area contributed by atoms with Crippen LogP contribution in [0, 0.1) is 0 Å². The minimum absolute atomic E-state index is 0.00320. The number of para-hydroxylation sites is 1. The van der Waals surface area contributed by atoms with Crippen molar-refractivity contribution in [2.75, 3.05) is 13.2 Å². The van der Waals surface area contributed by atoms with Crippen LogP contribution >= 0.6 is 0 Å². The third kappa shape index (κ3) is 5.45. The molecule has 1 atom stereocenters. The molecule has 0 amide bonds. The number of rotatable bonds is 8. The van der Waals surface area contributed by atoms with Crippen molar-refractivity contribution < 1.29 is 23.8 Å². The van der Waals surface area contributed by atoms with Crippen LogP contribution in [-0.4, -0.2) is 31.4 Å². The Kier molecular flexibility index (Phi) is 6.79. The van der Waals surface area contributed by atoms with Gasteiger partial charge < -0.3 is 19.5 Å². The van der Waals surface area contributed by atoms with Gasteiger partial charge in [0, 0.05) is 17.8 Å². The van der Waals surface area contributed by atoms with Crippen LogP contribution in [0.5, 0.6) is 5.75 Å². The SMILES string of the molecule is O=C=CCOCC(=CNC1C=Cc2ccccc2O1)OC(=O)c1ccccc1. The molecular weight excluding hydrogens is 358 g/mol. The highest BCUT2D eigenvalue weighted by Gasteiger charge is 2.14. The van der Waals surface area contributed by atoms with Gasteiger partial charge in [-0.05, 0) is 30.4 Å². The average Bonchev–Trinajstić information content (AvgIpc) is 2.75. The first-order chi connectivity index (χ1) is 13.8. The van der Waals surface area contributed by atoms with Gasteiger partial charge in [0.15, 0.2) is 6.23 Å². The molecule has 0 spiro atoms. The Morgan fingerprint density at radius 2 is 1.93 bits per heavy atom. The molecule has 0 bridgehead atoms. The molecule has 1 unspecified atom stereocenters. The second-order valence-corrected chi connectivity index (χ2v) is 5.81. The molecule has 2 aromatic carbocycles. The molecule has 0 radical (unpaired) electrons. The van der Waals surface area contributed by atoms with Crippen molar-refractivity contribution in [2.24, 2.45) is 0 Å². The van der Waals surface area contributed by atoms with Crippen LogP contribution in [0.1, 0.15) is 15.9 Å². The van der Waals surface area contributed by atoms with E-state index in [1.165, 1.54) is 12.3 Å². The second-order valence-electron chi connectivity index (χ2n) is 5.81. The first-order valence-electron chi connectivity index (χ1n) is 8.69. The summed E-state index contributed by atoms with van der Waals surface area (Å²) in [5, 5.41) is 3.04. The molecule has 2 aromatic rings. The number of esters is 1. The zero-order valence-corrected chi connectivity index (χ0v) is 15.0. The number of ether oxygens (including phenoxy) is 3. The number of carbonyl (C=O) groups is 1. The second kappa shape index (κ2) is 9.92. The van der Waals surface area contributed by atoms with Crippen LogP contribution in [0.4, 0.5) is 0 Å². The van der Waals surface area contributed by atoms with Crippen LogP contribution in [0.15, 0.2) is 78.7 Å². The van der Waals surface area contributed by atoms with Gasteiger partial charge in [-0.1, -0.05) is 36.4 Å². The Morgan fingerprint density at radius 3 is 2.75 bits per heavy atom. The van der Waals surface area contributed by atoms with Gasteiger partial charge in [-0.2, -0.15) is 0 Å². The number of carbonyl (C=O) groups excluding carboxylic acids is 2. The van der Waals surface area contributed by atoms with E-state index in [0.29, 0.717) is 5.56 Å². The van der Waals surface area contributed by atoms with Crippen LogP contribution in [0.2, 0.25) is 0 Å². The van der Waals surface area contributed by atoms with Crippen molar-refractivity contribution in [2.45, 2.75) is 6.23 Å². The molecule has 6 nitrogen and oxygen atoms in total. The van der Waals surface area contributed by atoms with Crippen molar-refractivity contribution in [3.05, 3.63) is 89.8 Å². The molecule has 142 valence electrons. The molecule has 0 aromatic heterocycles. The predicted molar refractivity (Wildman–Crippen MR) is 104 cm³/mol. The molecule has 1 aliphatic heterocycles. The van der Waals surface area contributed by atoms with Gasteiger partial charge >= 0.3 is 5.97 Å². The summed E-state index contributed by atoms with van der Waals surface area (Å²) in [6.07, 6.45) is 6.11. The molecule has 28 heavy (non-hydrogen) atoms. The monoisotopic (exact) mass is 377 g/mol. The highest BCUT2D eigenvalue weighted by molar-refractivity contribution is 5.90. The molecule has 3 rings (SSSR count). The quantitative estimate of drug-likeness (QED) is 0.330. The van der Waals surface area contributed by atoms with E-state index in [0.717, 1.165) is 11.3 Å². The summed E-state index contributed by atoms with van der Waals surface area (Å²) < 4.78 is 16.6. The summed E-state index contributed by atoms with van der Waals surface area (Å²) >= 11 is 0. The van der Waals surface area contributed by atoms with Crippen LogP contribution in [-0.2, 0) is 14.3 Å². The summed E-state index contributed by atoms with van der Waals surface area (Å²) in [5.74, 6) is 2.13. The van der Waals surface area contributed by atoms with Gasteiger partial charge in [0.05, 0.1) is 12.2 Å². The van der Waals surface area contributed by atoms with Crippen LogP contribution in [0.3, 0.4) is 0 Å². The number of hydrogen-bond donors (Lipinski definition) is 1. The Bertz CT molecular complexity index is 914. The average molecular weight is 377 g/mol. The fourth-order valence-electron chi connectivity index (χ4n) is 2.46. The zero-order chi connectivity index (χ0) is 19.6. The topological polar surface area (TPSA) is 73.9 Å². The molecular formula is C22H19NO5. The Balaban J connectivity index is 1.65. The van der Waals surface area contributed by atoms with Crippen molar-refractivity contribution >= 4 is 18.0 Å². The van der Waals surface area contributed by atoms with E-state index in [1.807, 2.05) is 42.5 Å². The maximum absolute atomic E-state index is 12.3. The highest BCUT2D eigenvalue weighted by atomic mass is 16.6. The lowest BCUT2D eigenvalue weighted by atomic mass is 10.1. The van der Waals surface area contributed by atoms with Gasteiger partial charge in [0.1, 0.15) is 24.1 Å². The molecule has 1 heterocycles. The number of benzene rings is 2. The van der Waals surface area contributed by atoms with Crippen molar-refractivity contribution in [3.63, 3.8) is 0 Å². The van der Waals surface area contributed by atoms with Crippen LogP contribution < -0.4 is 10.1 Å². The minimum atomic E-state index is -0.506. The summed E-state index contributed by atoms with van der Waals surface area (Å²) in [6, 6.07) is 16.3. The van der Waals surface area contributed by atoms with E-state index in [4.69, 9.17) is 14.2 Å². The smallest absolute Gasteiger partial charge is 0.343 e. The van der Waals surface area contributed by atoms with Crippen molar-refractivity contribution in [1.82, 2.24) is 5.32 Å². The molecule has 0 saturated carbocycles. The Labute approximate surface area is 162 Å². The molecule has 0 fully saturated rings. The maximum Gasteiger partial charge on any atom is 0.343 e. The number of fused-ring (bicyclic) bond motifs is 1. The van der Waals surface area contributed by atoms with Gasteiger partial charge in [-0.15, -0.1) is 0 Å². The largest absolute Gasteiger partial charge is 0.467 e. The predicted octanol–water partition coefficient (Wildman–Crippen LogP) is 3.11. The number of hydrogen-bond acceptors (Lipinski definition) is 6. The third-order valence-electron chi connectivity index (χ3n) is 3.79. The summed E-state index contributed by atoms with van der Waals surface area (Å²) in [5.41, 5.74) is 1.41. The fourth-order valence-corrected chi connectivity index (χ4v) is 2.46. The van der Waals surface area contributed by atoms with E-state index in [1.54, 1.807) is 30.2 Å². The van der Waals surface area contributed by atoms with E-state index in [-0.39, 0.29) is 19.0 Å². The molecule has 1 aliphatic rings. The van der Waals surface area contributed by atoms with E-state index < -0.39 is 12.2 Å².